The van der Waals surface area contributed by atoms with Crippen molar-refractivity contribution in [3.8, 4) is 10.7 Å². The predicted molar refractivity (Wildman–Crippen MR) is 77.9 cm³/mol. The van der Waals surface area contributed by atoms with Gasteiger partial charge < -0.3 is 14.6 Å². The van der Waals surface area contributed by atoms with Crippen LogP contribution >= 0.6 is 11.3 Å². The maximum atomic E-state index is 11.8. The quantitative estimate of drug-likeness (QED) is 0.883. The molecule has 0 saturated carbocycles. The molecular formula is C14H17N3O3S. The molecule has 1 amide bonds. The number of thiophene rings is 1. The monoisotopic (exact) mass is 307 g/mol. The zero-order chi connectivity index (χ0) is 14.5. The van der Waals surface area contributed by atoms with Gasteiger partial charge in [-0.15, -0.1) is 11.3 Å². The minimum Gasteiger partial charge on any atom is -0.376 e. The second kappa shape index (κ2) is 6.82. The molecule has 1 N–H and O–H groups in total. The molecular weight excluding hydrogens is 290 g/mol. The second-order valence-electron chi connectivity index (χ2n) is 4.93. The van der Waals surface area contributed by atoms with Crippen molar-refractivity contribution < 1.29 is 14.1 Å². The zero-order valence-corrected chi connectivity index (χ0v) is 12.4. The number of hydrogen-bond acceptors (Lipinski definition) is 6. The maximum absolute atomic E-state index is 11.8. The van der Waals surface area contributed by atoms with Crippen LogP contribution in [0, 0.1) is 0 Å². The lowest BCUT2D eigenvalue weighted by molar-refractivity contribution is -0.121. The number of amides is 1. The normalized spacial score (nSPS) is 18.0. The summed E-state index contributed by atoms with van der Waals surface area (Å²) in [6, 6.07) is 3.88. The van der Waals surface area contributed by atoms with Gasteiger partial charge in [-0.2, -0.15) is 4.98 Å². The Labute approximate surface area is 126 Å². The van der Waals surface area contributed by atoms with Crippen molar-refractivity contribution >= 4 is 17.2 Å². The van der Waals surface area contributed by atoms with Gasteiger partial charge in [-0.05, 0) is 24.3 Å². The first-order valence-electron chi connectivity index (χ1n) is 7.06. The Morgan fingerprint density at radius 2 is 2.48 bits per heavy atom. The lowest BCUT2D eigenvalue weighted by Crippen LogP contribution is -2.31. The molecule has 0 bridgehead atoms. The van der Waals surface area contributed by atoms with Crippen LogP contribution < -0.4 is 5.32 Å². The summed E-state index contributed by atoms with van der Waals surface area (Å²) >= 11 is 1.56. The van der Waals surface area contributed by atoms with Crippen molar-refractivity contribution in [2.45, 2.75) is 31.8 Å². The highest BCUT2D eigenvalue weighted by molar-refractivity contribution is 7.13. The highest BCUT2D eigenvalue weighted by Gasteiger charge is 2.16. The topological polar surface area (TPSA) is 77.2 Å². The summed E-state index contributed by atoms with van der Waals surface area (Å²) in [4.78, 5) is 17.0. The van der Waals surface area contributed by atoms with Crippen molar-refractivity contribution in [3.63, 3.8) is 0 Å². The molecule has 0 spiro atoms. The van der Waals surface area contributed by atoms with E-state index >= 15 is 0 Å². The highest BCUT2D eigenvalue weighted by atomic mass is 32.1. The van der Waals surface area contributed by atoms with Crippen LogP contribution in [0.5, 0.6) is 0 Å². The molecule has 2 aromatic heterocycles. The van der Waals surface area contributed by atoms with Gasteiger partial charge in [0.2, 0.25) is 17.6 Å². The highest BCUT2D eigenvalue weighted by Crippen LogP contribution is 2.21. The lowest BCUT2D eigenvalue weighted by Gasteiger charge is -2.09. The van der Waals surface area contributed by atoms with E-state index < -0.39 is 0 Å². The molecule has 7 heteroatoms. The van der Waals surface area contributed by atoms with Gasteiger partial charge in [0.25, 0.3) is 0 Å². The summed E-state index contributed by atoms with van der Waals surface area (Å²) < 4.78 is 10.6. The van der Waals surface area contributed by atoms with E-state index in [0.717, 1.165) is 24.3 Å². The summed E-state index contributed by atoms with van der Waals surface area (Å²) in [6.45, 7) is 1.39. The van der Waals surface area contributed by atoms with E-state index in [-0.39, 0.29) is 12.0 Å². The lowest BCUT2D eigenvalue weighted by atomic mass is 10.2. The van der Waals surface area contributed by atoms with Gasteiger partial charge in [-0.3, -0.25) is 4.79 Å². The molecule has 0 radical (unpaired) electrons. The Morgan fingerprint density at radius 1 is 1.52 bits per heavy atom. The van der Waals surface area contributed by atoms with E-state index in [9.17, 15) is 4.79 Å². The number of ether oxygens (including phenoxy) is 1. The Bertz CT molecular complexity index is 576. The fourth-order valence-electron chi connectivity index (χ4n) is 2.20. The molecule has 21 heavy (non-hydrogen) atoms. The largest absolute Gasteiger partial charge is 0.376 e. The molecule has 3 rings (SSSR count). The molecule has 1 saturated heterocycles. The van der Waals surface area contributed by atoms with Crippen LogP contribution in [0.4, 0.5) is 0 Å². The van der Waals surface area contributed by atoms with Crippen LogP contribution in [0.15, 0.2) is 22.0 Å². The van der Waals surface area contributed by atoms with Gasteiger partial charge in [-0.25, -0.2) is 0 Å². The third kappa shape index (κ3) is 3.89. The number of aryl methyl sites for hydroxylation is 1. The Balaban J connectivity index is 1.43. The van der Waals surface area contributed by atoms with Crippen LogP contribution in [0.25, 0.3) is 10.7 Å². The first-order valence-corrected chi connectivity index (χ1v) is 7.94. The summed E-state index contributed by atoms with van der Waals surface area (Å²) in [5, 5.41) is 8.76. The average molecular weight is 307 g/mol. The Morgan fingerprint density at radius 3 is 3.24 bits per heavy atom. The number of rotatable bonds is 6. The molecule has 112 valence electrons. The smallest absolute Gasteiger partial charge is 0.227 e. The number of carbonyl (C=O) groups excluding carboxylic acids is 1. The molecule has 3 heterocycles. The van der Waals surface area contributed by atoms with Crippen molar-refractivity contribution in [3.05, 3.63) is 23.4 Å². The van der Waals surface area contributed by atoms with Gasteiger partial charge in [0.05, 0.1) is 11.0 Å². The number of hydrogen-bond donors (Lipinski definition) is 1. The van der Waals surface area contributed by atoms with E-state index in [0.29, 0.717) is 31.1 Å². The predicted octanol–water partition coefficient (Wildman–Crippen LogP) is 2.03. The summed E-state index contributed by atoms with van der Waals surface area (Å²) in [5.41, 5.74) is 0. The van der Waals surface area contributed by atoms with Crippen molar-refractivity contribution in [1.29, 1.82) is 0 Å². The Kier molecular flexibility index (Phi) is 4.62. The molecule has 2 aromatic rings. The molecule has 1 aliphatic heterocycles. The third-order valence-corrected chi connectivity index (χ3v) is 4.19. The van der Waals surface area contributed by atoms with E-state index in [2.05, 4.69) is 15.5 Å². The maximum Gasteiger partial charge on any atom is 0.227 e. The molecule has 1 fully saturated rings. The van der Waals surface area contributed by atoms with E-state index in [1.165, 1.54) is 0 Å². The fraction of sp³-hybridized carbons (Fsp3) is 0.500. The number of nitrogens with zero attached hydrogens (tertiary/aromatic N) is 2. The van der Waals surface area contributed by atoms with Gasteiger partial charge in [-0.1, -0.05) is 11.2 Å². The third-order valence-electron chi connectivity index (χ3n) is 3.33. The molecule has 0 unspecified atom stereocenters. The Hall–Kier alpha value is -1.73. The van der Waals surface area contributed by atoms with Gasteiger partial charge >= 0.3 is 0 Å². The average Bonchev–Trinajstić information content (AvgIpc) is 3.24. The van der Waals surface area contributed by atoms with E-state index in [1.54, 1.807) is 11.3 Å². The number of carbonyl (C=O) groups is 1. The van der Waals surface area contributed by atoms with Crippen LogP contribution in [-0.2, 0) is 16.0 Å². The summed E-state index contributed by atoms with van der Waals surface area (Å²) in [5.74, 6) is 1.06. The number of aromatic nitrogens is 2. The molecule has 1 atom stereocenters. The van der Waals surface area contributed by atoms with Crippen LogP contribution in [0.2, 0.25) is 0 Å². The number of nitrogens with one attached hydrogen (secondary N) is 1. The molecule has 0 aromatic carbocycles. The van der Waals surface area contributed by atoms with Crippen molar-refractivity contribution in [1.82, 2.24) is 15.5 Å². The minimum atomic E-state index is -0.0126. The van der Waals surface area contributed by atoms with Gasteiger partial charge in [0.1, 0.15) is 0 Å². The van der Waals surface area contributed by atoms with Gasteiger partial charge in [0.15, 0.2) is 0 Å². The minimum absolute atomic E-state index is 0.0126. The first-order chi connectivity index (χ1) is 10.3. The van der Waals surface area contributed by atoms with Gasteiger partial charge in [0, 0.05) is 26.0 Å². The molecule has 6 nitrogen and oxygen atoms in total. The van der Waals surface area contributed by atoms with Crippen LogP contribution in [0.1, 0.15) is 25.2 Å². The second-order valence-corrected chi connectivity index (χ2v) is 5.88. The zero-order valence-electron chi connectivity index (χ0n) is 11.6. The summed E-state index contributed by atoms with van der Waals surface area (Å²) in [7, 11) is 0. The molecule has 1 aliphatic rings. The van der Waals surface area contributed by atoms with Crippen molar-refractivity contribution in [2.75, 3.05) is 13.2 Å². The SMILES string of the molecule is O=C(CCc1nc(-c2cccs2)no1)NC[C@@H]1CCCO1. The van der Waals surface area contributed by atoms with Crippen LogP contribution in [0.3, 0.4) is 0 Å². The summed E-state index contributed by atoms with van der Waals surface area (Å²) in [6.07, 6.45) is 3.07. The van der Waals surface area contributed by atoms with Crippen LogP contribution in [-0.4, -0.2) is 35.3 Å². The van der Waals surface area contributed by atoms with E-state index in [1.807, 2.05) is 17.5 Å². The van der Waals surface area contributed by atoms with E-state index in [4.69, 9.17) is 9.26 Å². The molecule has 0 aliphatic carbocycles. The van der Waals surface area contributed by atoms with Crippen molar-refractivity contribution in [2.24, 2.45) is 0 Å². The fourth-order valence-corrected chi connectivity index (χ4v) is 2.85. The standard InChI is InChI=1S/C14H17N3O3S/c18-12(15-9-10-3-1-7-19-10)5-6-13-16-14(17-20-13)11-4-2-8-21-11/h2,4,8,10H,1,3,5-7,9H2,(H,15,18)/t10-/m0/s1. The first kappa shape index (κ1) is 14.2.